The van der Waals surface area contributed by atoms with Crippen molar-refractivity contribution in [3.63, 3.8) is 0 Å². The van der Waals surface area contributed by atoms with E-state index in [1.807, 2.05) is 12.1 Å². The van der Waals surface area contributed by atoms with Gasteiger partial charge >= 0.3 is 0 Å². The van der Waals surface area contributed by atoms with Gasteiger partial charge in [0.15, 0.2) is 0 Å². The van der Waals surface area contributed by atoms with E-state index in [-0.39, 0.29) is 11.8 Å². The van der Waals surface area contributed by atoms with Crippen molar-refractivity contribution in [1.29, 1.82) is 0 Å². The minimum absolute atomic E-state index is 0.165. The minimum atomic E-state index is -2.92. The summed E-state index contributed by atoms with van der Waals surface area (Å²) in [6.07, 6.45) is 2.85. The van der Waals surface area contributed by atoms with Crippen molar-refractivity contribution in [2.45, 2.75) is 39.7 Å². The summed E-state index contributed by atoms with van der Waals surface area (Å²) >= 11 is 0. The van der Waals surface area contributed by atoms with Gasteiger partial charge in [-0.25, -0.2) is 8.42 Å². The highest BCUT2D eigenvalue weighted by Gasteiger charge is 2.12. The van der Waals surface area contributed by atoms with Crippen LogP contribution in [0.3, 0.4) is 0 Å². The molecule has 1 N–H and O–H groups in total. The Hall–Kier alpha value is -1.07. The van der Waals surface area contributed by atoms with Crippen molar-refractivity contribution in [3.05, 3.63) is 29.3 Å². The molecule has 5 heteroatoms. The van der Waals surface area contributed by atoms with Gasteiger partial charge in [-0.05, 0) is 39.3 Å². The van der Waals surface area contributed by atoms with Gasteiger partial charge in [0.25, 0.3) is 0 Å². The molecule has 0 bridgehead atoms. The van der Waals surface area contributed by atoms with E-state index in [2.05, 4.69) is 32.2 Å². The number of benzene rings is 1. The number of rotatable bonds is 9. The zero-order valence-electron chi connectivity index (χ0n) is 13.5. The maximum Gasteiger partial charge on any atom is 0.147 e. The predicted molar refractivity (Wildman–Crippen MR) is 87.7 cm³/mol. The highest BCUT2D eigenvalue weighted by atomic mass is 32.2. The highest BCUT2D eigenvalue weighted by molar-refractivity contribution is 7.90. The van der Waals surface area contributed by atoms with E-state index in [4.69, 9.17) is 4.74 Å². The number of ether oxygens (including phenoxy) is 1. The third-order valence-corrected chi connectivity index (χ3v) is 4.28. The molecule has 21 heavy (non-hydrogen) atoms. The van der Waals surface area contributed by atoms with Gasteiger partial charge < -0.3 is 10.1 Å². The smallest absolute Gasteiger partial charge is 0.147 e. The fourth-order valence-electron chi connectivity index (χ4n) is 2.11. The second kappa shape index (κ2) is 8.39. The fourth-order valence-corrected chi connectivity index (χ4v) is 2.75. The lowest BCUT2D eigenvalue weighted by molar-refractivity contribution is 0.311. The van der Waals surface area contributed by atoms with Crippen LogP contribution in [0.2, 0.25) is 0 Å². The summed E-state index contributed by atoms with van der Waals surface area (Å²) in [7, 11) is -2.92. The molecule has 0 aromatic heterocycles. The molecule has 0 saturated heterocycles. The van der Waals surface area contributed by atoms with Crippen molar-refractivity contribution >= 4 is 9.84 Å². The van der Waals surface area contributed by atoms with Crippen LogP contribution in [0, 0.1) is 6.92 Å². The zero-order chi connectivity index (χ0) is 15.9. The van der Waals surface area contributed by atoms with Crippen LogP contribution in [0.1, 0.15) is 43.9 Å². The summed E-state index contributed by atoms with van der Waals surface area (Å²) < 4.78 is 28.0. The molecule has 0 aliphatic heterocycles. The van der Waals surface area contributed by atoms with Gasteiger partial charge in [-0.2, -0.15) is 0 Å². The van der Waals surface area contributed by atoms with E-state index in [0.29, 0.717) is 13.0 Å². The van der Waals surface area contributed by atoms with Crippen molar-refractivity contribution in [1.82, 2.24) is 5.32 Å². The van der Waals surface area contributed by atoms with Gasteiger partial charge in [0.05, 0.1) is 12.4 Å². The third-order valence-electron chi connectivity index (χ3n) is 3.25. The van der Waals surface area contributed by atoms with Crippen LogP contribution in [0.15, 0.2) is 18.2 Å². The standard InChI is InChI=1S/C16H27NO3S/c1-5-9-17-14(3)15-12-13(2)7-8-16(15)20-10-6-11-21(4,18)19/h7-8,12,14,17H,5-6,9-11H2,1-4H3. The first kappa shape index (κ1) is 18.0. The lowest BCUT2D eigenvalue weighted by Gasteiger charge is -2.19. The minimum Gasteiger partial charge on any atom is -0.493 e. The van der Waals surface area contributed by atoms with E-state index >= 15 is 0 Å². The van der Waals surface area contributed by atoms with E-state index in [0.717, 1.165) is 24.3 Å². The Labute approximate surface area is 128 Å². The maximum absolute atomic E-state index is 11.1. The molecular formula is C16H27NO3S. The first-order valence-corrected chi connectivity index (χ1v) is 9.54. The molecule has 0 aliphatic rings. The molecule has 1 rings (SSSR count). The number of aryl methyl sites for hydroxylation is 1. The van der Waals surface area contributed by atoms with Gasteiger partial charge in [-0.1, -0.05) is 24.6 Å². The van der Waals surface area contributed by atoms with Crippen molar-refractivity contribution in [2.75, 3.05) is 25.2 Å². The zero-order valence-corrected chi connectivity index (χ0v) is 14.3. The fraction of sp³-hybridized carbons (Fsp3) is 0.625. The molecule has 120 valence electrons. The molecule has 0 aliphatic carbocycles. The lowest BCUT2D eigenvalue weighted by Crippen LogP contribution is -2.20. The van der Waals surface area contributed by atoms with Crippen LogP contribution >= 0.6 is 0 Å². The molecule has 0 spiro atoms. The normalized spacial score (nSPS) is 13.1. The van der Waals surface area contributed by atoms with E-state index in [9.17, 15) is 8.42 Å². The molecule has 1 aromatic rings. The van der Waals surface area contributed by atoms with Gasteiger partial charge in [0.1, 0.15) is 15.6 Å². The van der Waals surface area contributed by atoms with E-state index < -0.39 is 9.84 Å². The van der Waals surface area contributed by atoms with Crippen molar-refractivity contribution < 1.29 is 13.2 Å². The summed E-state index contributed by atoms with van der Waals surface area (Å²) in [6.45, 7) is 7.70. The quantitative estimate of drug-likeness (QED) is 0.712. The molecule has 1 unspecified atom stereocenters. The van der Waals surface area contributed by atoms with Crippen molar-refractivity contribution in [2.24, 2.45) is 0 Å². The predicted octanol–water partition coefficient (Wildman–Crippen LogP) is 2.87. The molecular weight excluding hydrogens is 286 g/mol. The van der Waals surface area contributed by atoms with E-state index in [1.165, 1.54) is 11.8 Å². The van der Waals surface area contributed by atoms with Crippen molar-refractivity contribution in [3.8, 4) is 5.75 Å². The molecule has 0 saturated carbocycles. The second-order valence-electron chi connectivity index (χ2n) is 5.55. The molecule has 0 fully saturated rings. The summed E-state index contributed by atoms with van der Waals surface area (Å²) in [6, 6.07) is 6.32. The lowest BCUT2D eigenvalue weighted by atomic mass is 10.0. The average Bonchev–Trinajstić information content (AvgIpc) is 2.41. The van der Waals surface area contributed by atoms with E-state index in [1.54, 1.807) is 0 Å². The molecule has 1 atom stereocenters. The topological polar surface area (TPSA) is 55.4 Å². The number of nitrogens with one attached hydrogen (secondary N) is 1. The van der Waals surface area contributed by atoms with Crippen LogP contribution in [-0.2, 0) is 9.84 Å². The van der Waals surface area contributed by atoms with Crippen LogP contribution in [0.25, 0.3) is 0 Å². The SMILES string of the molecule is CCCNC(C)c1cc(C)ccc1OCCCS(C)(=O)=O. The van der Waals surface area contributed by atoms with Gasteiger partial charge in [0.2, 0.25) is 0 Å². The average molecular weight is 313 g/mol. The largest absolute Gasteiger partial charge is 0.493 e. The van der Waals surface area contributed by atoms with Crippen LogP contribution in [0.5, 0.6) is 5.75 Å². The first-order chi connectivity index (χ1) is 9.83. The summed E-state index contributed by atoms with van der Waals surface area (Å²) in [5.74, 6) is 1.00. The monoisotopic (exact) mass is 313 g/mol. The van der Waals surface area contributed by atoms with Gasteiger partial charge in [0, 0.05) is 17.9 Å². The second-order valence-corrected chi connectivity index (χ2v) is 7.81. The number of hydrogen-bond acceptors (Lipinski definition) is 4. The van der Waals surface area contributed by atoms with Crippen LogP contribution < -0.4 is 10.1 Å². The Balaban J connectivity index is 2.68. The molecule has 0 heterocycles. The van der Waals surface area contributed by atoms with Crippen LogP contribution in [-0.4, -0.2) is 33.6 Å². The number of sulfone groups is 1. The number of hydrogen-bond donors (Lipinski definition) is 1. The molecule has 0 amide bonds. The molecule has 1 aromatic carbocycles. The third kappa shape index (κ3) is 6.96. The Morgan fingerprint density at radius 3 is 2.67 bits per heavy atom. The Bertz CT molecular complexity index is 540. The summed E-state index contributed by atoms with van der Waals surface area (Å²) in [5, 5.41) is 3.45. The van der Waals surface area contributed by atoms with Gasteiger partial charge in [-0.3, -0.25) is 0 Å². The Morgan fingerprint density at radius 1 is 1.33 bits per heavy atom. The maximum atomic E-state index is 11.1. The Kier molecular flexibility index (Phi) is 7.18. The molecule has 4 nitrogen and oxygen atoms in total. The summed E-state index contributed by atoms with van der Waals surface area (Å²) in [5.41, 5.74) is 2.32. The first-order valence-electron chi connectivity index (χ1n) is 7.48. The Morgan fingerprint density at radius 2 is 2.05 bits per heavy atom. The highest BCUT2D eigenvalue weighted by Crippen LogP contribution is 2.26. The van der Waals surface area contributed by atoms with Gasteiger partial charge in [-0.15, -0.1) is 0 Å². The van der Waals surface area contributed by atoms with Crippen LogP contribution in [0.4, 0.5) is 0 Å². The summed E-state index contributed by atoms with van der Waals surface area (Å²) in [4.78, 5) is 0. The molecule has 0 radical (unpaired) electrons.